The standard InChI is InChI=1S/C25H39N11O5/c26-16(11-14-12-33-17-6-2-1-5-15(14)17)21(39)35-19(8-4-10-32-25(29)30)23(41)36-18(7-3-9-31-24(27)28)22(40)34-13-20(37)38/h1-2,5-6,12,16,18-19,33H,3-4,7-11,13,26H2,(H,34,40)(H,35,39)(H,36,41)(H,37,38)(H4,27,28,31)(H4,29,30,32). The first-order valence-electron chi connectivity index (χ1n) is 13.0. The van der Waals surface area contributed by atoms with E-state index in [2.05, 4.69) is 30.9 Å². The van der Waals surface area contributed by atoms with Crippen molar-refractivity contribution in [2.24, 2.45) is 38.7 Å². The summed E-state index contributed by atoms with van der Waals surface area (Å²) >= 11 is 0. The minimum absolute atomic E-state index is 0.0999. The molecule has 1 aromatic heterocycles. The Morgan fingerprint density at radius 3 is 2.00 bits per heavy atom. The molecule has 3 atom stereocenters. The first-order valence-corrected chi connectivity index (χ1v) is 13.0. The first kappa shape index (κ1) is 32.4. The van der Waals surface area contributed by atoms with Gasteiger partial charge in [0.2, 0.25) is 17.7 Å². The SMILES string of the molecule is NC(N)=NCCCC(NC(=O)C(N)Cc1c[nH]c2ccccc12)C(=O)NC(CCCN=C(N)N)C(=O)NCC(=O)O. The van der Waals surface area contributed by atoms with Gasteiger partial charge in [-0.05, 0) is 43.7 Å². The molecule has 224 valence electrons. The van der Waals surface area contributed by atoms with Gasteiger partial charge in [-0.25, -0.2) is 0 Å². The Morgan fingerprint density at radius 2 is 1.41 bits per heavy atom. The number of para-hydroxylation sites is 1. The highest BCUT2D eigenvalue weighted by Crippen LogP contribution is 2.19. The van der Waals surface area contributed by atoms with Crippen LogP contribution in [0.25, 0.3) is 10.9 Å². The second-order valence-electron chi connectivity index (χ2n) is 9.30. The van der Waals surface area contributed by atoms with Crippen LogP contribution < -0.4 is 44.6 Å². The van der Waals surface area contributed by atoms with Crippen LogP contribution in [0, 0.1) is 0 Å². The van der Waals surface area contributed by atoms with Gasteiger partial charge in [-0.1, -0.05) is 18.2 Å². The molecule has 1 aromatic carbocycles. The zero-order chi connectivity index (χ0) is 30.4. The molecule has 41 heavy (non-hydrogen) atoms. The predicted molar refractivity (Wildman–Crippen MR) is 154 cm³/mol. The summed E-state index contributed by atoms with van der Waals surface area (Å²) in [5.41, 5.74) is 29.3. The van der Waals surface area contributed by atoms with Crippen LogP contribution in [0.15, 0.2) is 40.4 Å². The van der Waals surface area contributed by atoms with Gasteiger partial charge in [0, 0.05) is 30.2 Å². The number of amides is 3. The fraction of sp³-hybridized carbons (Fsp3) is 0.440. The number of aliphatic carboxylic acids is 1. The minimum atomic E-state index is -1.25. The van der Waals surface area contributed by atoms with Crippen molar-refractivity contribution in [1.82, 2.24) is 20.9 Å². The van der Waals surface area contributed by atoms with Crippen molar-refractivity contribution >= 4 is 46.5 Å². The number of hydrogen-bond acceptors (Lipinski definition) is 7. The van der Waals surface area contributed by atoms with Crippen LogP contribution in [0.2, 0.25) is 0 Å². The number of carboxylic acids is 1. The van der Waals surface area contributed by atoms with Crippen molar-refractivity contribution in [3.8, 4) is 0 Å². The summed E-state index contributed by atoms with van der Waals surface area (Å²) in [6.45, 7) is -0.257. The van der Waals surface area contributed by atoms with Crippen LogP contribution in [0.4, 0.5) is 0 Å². The number of nitrogens with one attached hydrogen (secondary N) is 4. The van der Waals surface area contributed by atoms with E-state index in [0.717, 1.165) is 16.5 Å². The van der Waals surface area contributed by atoms with Crippen LogP contribution in [-0.2, 0) is 25.6 Å². The fourth-order valence-corrected chi connectivity index (χ4v) is 4.01. The number of carboxylic acid groups (broad SMARTS) is 1. The molecule has 0 spiro atoms. The van der Waals surface area contributed by atoms with E-state index >= 15 is 0 Å². The Balaban J connectivity index is 2.14. The lowest BCUT2D eigenvalue weighted by atomic mass is 10.0. The largest absolute Gasteiger partial charge is 0.480 e. The number of H-pyrrole nitrogens is 1. The second kappa shape index (κ2) is 16.3. The summed E-state index contributed by atoms with van der Waals surface area (Å²) in [6, 6.07) is 4.40. The lowest BCUT2D eigenvalue weighted by Gasteiger charge is -2.24. The molecule has 0 fully saturated rings. The molecule has 0 aliphatic carbocycles. The van der Waals surface area contributed by atoms with E-state index in [-0.39, 0.29) is 44.3 Å². The molecular weight excluding hydrogens is 534 g/mol. The quantitative estimate of drug-likeness (QED) is 0.0531. The van der Waals surface area contributed by atoms with Gasteiger partial charge in [-0.2, -0.15) is 0 Å². The maximum absolute atomic E-state index is 13.3. The Morgan fingerprint density at radius 1 is 0.854 bits per heavy atom. The summed E-state index contributed by atoms with van der Waals surface area (Å²) < 4.78 is 0. The van der Waals surface area contributed by atoms with Crippen LogP contribution in [0.3, 0.4) is 0 Å². The summed E-state index contributed by atoms with van der Waals surface area (Å²) in [5, 5.41) is 17.3. The van der Waals surface area contributed by atoms with Crippen molar-refractivity contribution in [2.75, 3.05) is 19.6 Å². The Kier molecular flexibility index (Phi) is 12.9. The highest BCUT2D eigenvalue weighted by Gasteiger charge is 2.28. The van der Waals surface area contributed by atoms with Crippen LogP contribution >= 0.6 is 0 Å². The number of guanidine groups is 2. The maximum Gasteiger partial charge on any atom is 0.322 e. The van der Waals surface area contributed by atoms with Gasteiger partial charge in [-0.15, -0.1) is 0 Å². The fourth-order valence-electron chi connectivity index (χ4n) is 4.01. The van der Waals surface area contributed by atoms with E-state index in [1.807, 2.05) is 24.3 Å². The molecule has 1 heterocycles. The number of fused-ring (bicyclic) bond motifs is 1. The number of rotatable bonds is 17. The van der Waals surface area contributed by atoms with Gasteiger partial charge in [0.25, 0.3) is 0 Å². The molecule has 3 unspecified atom stereocenters. The van der Waals surface area contributed by atoms with E-state index in [1.54, 1.807) is 6.20 Å². The van der Waals surface area contributed by atoms with E-state index in [9.17, 15) is 19.2 Å². The highest BCUT2D eigenvalue weighted by molar-refractivity contribution is 5.94. The second-order valence-corrected chi connectivity index (χ2v) is 9.30. The van der Waals surface area contributed by atoms with Crippen molar-refractivity contribution < 1.29 is 24.3 Å². The van der Waals surface area contributed by atoms with Crippen LogP contribution in [0.1, 0.15) is 31.2 Å². The number of nitrogens with zero attached hydrogens (tertiary/aromatic N) is 2. The van der Waals surface area contributed by atoms with E-state index < -0.39 is 48.4 Å². The van der Waals surface area contributed by atoms with Crippen molar-refractivity contribution in [3.05, 3.63) is 36.0 Å². The van der Waals surface area contributed by atoms with Crippen molar-refractivity contribution in [2.45, 2.75) is 50.2 Å². The molecule has 16 nitrogen and oxygen atoms in total. The summed E-state index contributed by atoms with van der Waals surface area (Å²) in [4.78, 5) is 60.8. The maximum atomic E-state index is 13.3. The third-order valence-corrected chi connectivity index (χ3v) is 6.02. The number of aromatic nitrogens is 1. The van der Waals surface area contributed by atoms with E-state index in [4.69, 9.17) is 33.8 Å². The summed E-state index contributed by atoms with van der Waals surface area (Å²) in [6.07, 6.45) is 2.85. The highest BCUT2D eigenvalue weighted by atomic mass is 16.4. The molecular formula is C25H39N11O5. The minimum Gasteiger partial charge on any atom is -0.480 e. The average molecular weight is 574 g/mol. The molecule has 0 aliphatic heterocycles. The van der Waals surface area contributed by atoms with Gasteiger partial charge in [-0.3, -0.25) is 29.2 Å². The molecule has 0 radical (unpaired) electrons. The molecule has 15 N–H and O–H groups in total. The van der Waals surface area contributed by atoms with Gasteiger partial charge in [0.15, 0.2) is 11.9 Å². The molecule has 16 heteroatoms. The number of aliphatic imine (C=N–C) groups is 2. The Labute approximate surface area is 236 Å². The molecule has 0 saturated heterocycles. The van der Waals surface area contributed by atoms with Gasteiger partial charge < -0.3 is 54.7 Å². The molecule has 0 aliphatic rings. The summed E-state index contributed by atoms with van der Waals surface area (Å²) in [7, 11) is 0. The van der Waals surface area contributed by atoms with Gasteiger partial charge in [0.05, 0.1) is 6.04 Å². The normalized spacial score (nSPS) is 12.9. The number of aromatic amines is 1. The molecule has 0 bridgehead atoms. The zero-order valence-electron chi connectivity index (χ0n) is 22.6. The molecule has 2 aromatic rings. The number of hydrogen-bond donors (Lipinski definition) is 10. The Hall–Kier alpha value is -4.86. The third kappa shape index (κ3) is 11.4. The first-order chi connectivity index (χ1) is 19.5. The van der Waals surface area contributed by atoms with Gasteiger partial charge >= 0.3 is 5.97 Å². The molecule has 2 rings (SSSR count). The topological polar surface area (TPSA) is 295 Å². The lowest BCUT2D eigenvalue weighted by molar-refractivity contribution is -0.138. The summed E-state index contributed by atoms with van der Waals surface area (Å²) in [5.74, 6) is -3.46. The van der Waals surface area contributed by atoms with Gasteiger partial charge in [0.1, 0.15) is 18.6 Å². The van der Waals surface area contributed by atoms with Crippen molar-refractivity contribution in [3.63, 3.8) is 0 Å². The number of carbonyl (C=O) groups is 4. The lowest BCUT2D eigenvalue weighted by Crippen LogP contribution is -2.56. The zero-order valence-corrected chi connectivity index (χ0v) is 22.6. The average Bonchev–Trinajstić information content (AvgIpc) is 3.32. The van der Waals surface area contributed by atoms with Crippen molar-refractivity contribution in [1.29, 1.82) is 0 Å². The number of carbonyl (C=O) groups excluding carboxylic acids is 3. The smallest absolute Gasteiger partial charge is 0.322 e. The van der Waals surface area contributed by atoms with Crippen LogP contribution in [-0.4, -0.2) is 83.5 Å². The molecule has 0 saturated carbocycles. The predicted octanol–water partition coefficient (Wildman–Crippen LogP) is -2.68. The number of benzene rings is 1. The number of nitrogens with two attached hydrogens (primary N) is 5. The monoisotopic (exact) mass is 573 g/mol. The Bertz CT molecular complexity index is 1250. The third-order valence-electron chi connectivity index (χ3n) is 6.02. The van der Waals surface area contributed by atoms with E-state index in [0.29, 0.717) is 12.8 Å². The molecule has 3 amide bonds. The van der Waals surface area contributed by atoms with E-state index in [1.165, 1.54) is 0 Å². The van der Waals surface area contributed by atoms with Crippen LogP contribution in [0.5, 0.6) is 0 Å².